The summed E-state index contributed by atoms with van der Waals surface area (Å²) < 4.78 is 31.0. The molecule has 0 unspecified atom stereocenters. The van der Waals surface area contributed by atoms with Gasteiger partial charge in [0.15, 0.2) is 0 Å². The van der Waals surface area contributed by atoms with Gasteiger partial charge in [0.25, 0.3) is 10.1 Å². The maximum absolute atomic E-state index is 11.0. The van der Waals surface area contributed by atoms with Crippen LogP contribution in [0.3, 0.4) is 0 Å². The second-order valence-electron chi connectivity index (χ2n) is 3.26. The lowest BCUT2D eigenvalue weighted by atomic mass is 10.4. The maximum atomic E-state index is 11.0. The van der Waals surface area contributed by atoms with Crippen molar-refractivity contribution < 1.29 is 22.1 Å². The summed E-state index contributed by atoms with van der Waals surface area (Å²) >= 11 is 0. The predicted molar refractivity (Wildman–Crippen MR) is 59.8 cm³/mol. The lowest BCUT2D eigenvalue weighted by molar-refractivity contribution is -0.134. The van der Waals surface area contributed by atoms with Gasteiger partial charge in [-0.1, -0.05) is 13.0 Å². The standard InChI is InChI=1S/C10H13NO5S/c1-3-10(12)16-9-6-4-5-8(11-9)7-15-17(2,13)14/h4-6H,3,7H2,1-2H3. The van der Waals surface area contributed by atoms with Crippen molar-refractivity contribution in [3.8, 4) is 5.88 Å². The predicted octanol–water partition coefficient (Wildman–Crippen LogP) is 0.873. The maximum Gasteiger partial charge on any atom is 0.312 e. The van der Waals surface area contributed by atoms with Crippen LogP contribution in [0.25, 0.3) is 0 Å². The number of ether oxygens (including phenoxy) is 1. The highest BCUT2D eigenvalue weighted by Gasteiger charge is 2.06. The fourth-order valence-electron chi connectivity index (χ4n) is 0.951. The molecule has 0 radical (unpaired) electrons. The van der Waals surface area contributed by atoms with Crippen LogP contribution in [0, 0.1) is 0 Å². The molecule has 1 aromatic rings. The van der Waals surface area contributed by atoms with Crippen molar-refractivity contribution in [1.29, 1.82) is 0 Å². The minimum absolute atomic E-state index is 0.131. The Labute approximate surface area is 99.7 Å². The second kappa shape index (κ2) is 5.74. The van der Waals surface area contributed by atoms with Crippen LogP contribution < -0.4 is 4.74 Å². The molecule has 7 heteroatoms. The summed E-state index contributed by atoms with van der Waals surface area (Å²) in [6.45, 7) is 1.48. The zero-order chi connectivity index (χ0) is 12.9. The summed E-state index contributed by atoms with van der Waals surface area (Å²) in [7, 11) is -3.51. The number of esters is 1. The van der Waals surface area contributed by atoms with Crippen molar-refractivity contribution >= 4 is 16.1 Å². The number of carbonyl (C=O) groups is 1. The number of nitrogens with zero attached hydrogens (tertiary/aromatic N) is 1. The van der Waals surface area contributed by atoms with E-state index in [1.54, 1.807) is 19.1 Å². The third-order valence-corrected chi connectivity index (χ3v) is 2.26. The average molecular weight is 259 g/mol. The average Bonchev–Trinajstić information content (AvgIpc) is 2.26. The SMILES string of the molecule is CCC(=O)Oc1cccc(COS(C)(=O)=O)n1. The molecule has 1 heterocycles. The first-order valence-electron chi connectivity index (χ1n) is 4.91. The Balaban J connectivity index is 2.69. The van der Waals surface area contributed by atoms with Crippen molar-refractivity contribution in [1.82, 2.24) is 4.98 Å². The molecule has 0 aromatic carbocycles. The van der Waals surface area contributed by atoms with Gasteiger partial charge >= 0.3 is 5.97 Å². The first kappa shape index (κ1) is 13.6. The van der Waals surface area contributed by atoms with E-state index in [0.717, 1.165) is 6.26 Å². The van der Waals surface area contributed by atoms with Gasteiger partial charge in [0.05, 0.1) is 11.9 Å². The Morgan fingerprint density at radius 3 is 2.71 bits per heavy atom. The van der Waals surface area contributed by atoms with Crippen LogP contribution in [-0.2, 0) is 25.7 Å². The van der Waals surface area contributed by atoms with Crippen LogP contribution in [0.5, 0.6) is 5.88 Å². The van der Waals surface area contributed by atoms with Gasteiger partial charge in [-0.3, -0.25) is 8.98 Å². The summed E-state index contributed by atoms with van der Waals surface area (Å²) in [6.07, 6.45) is 1.19. The highest BCUT2D eigenvalue weighted by atomic mass is 32.2. The summed E-state index contributed by atoms with van der Waals surface area (Å²) in [5, 5.41) is 0. The van der Waals surface area contributed by atoms with E-state index in [-0.39, 0.29) is 18.9 Å². The van der Waals surface area contributed by atoms with Crippen LogP contribution in [0.15, 0.2) is 18.2 Å². The van der Waals surface area contributed by atoms with E-state index in [9.17, 15) is 13.2 Å². The number of hydrogen-bond acceptors (Lipinski definition) is 6. The first-order chi connectivity index (χ1) is 7.90. The van der Waals surface area contributed by atoms with E-state index < -0.39 is 16.1 Å². The van der Waals surface area contributed by atoms with Gasteiger partial charge in [-0.15, -0.1) is 0 Å². The molecule has 0 aliphatic rings. The van der Waals surface area contributed by atoms with E-state index in [4.69, 9.17) is 4.74 Å². The van der Waals surface area contributed by atoms with Crippen LogP contribution in [0.4, 0.5) is 0 Å². The van der Waals surface area contributed by atoms with Crippen LogP contribution in [0.1, 0.15) is 19.0 Å². The van der Waals surface area contributed by atoms with Gasteiger partial charge in [0.1, 0.15) is 6.61 Å². The van der Waals surface area contributed by atoms with Crippen molar-refractivity contribution in [3.05, 3.63) is 23.9 Å². The largest absolute Gasteiger partial charge is 0.407 e. The number of pyridine rings is 1. The van der Waals surface area contributed by atoms with Gasteiger partial charge in [-0.25, -0.2) is 4.98 Å². The second-order valence-corrected chi connectivity index (χ2v) is 4.91. The van der Waals surface area contributed by atoms with E-state index in [1.165, 1.54) is 6.07 Å². The molecule has 1 rings (SSSR count). The molecule has 0 amide bonds. The molecule has 1 aromatic heterocycles. The molecule has 6 nitrogen and oxygen atoms in total. The fourth-order valence-corrected chi connectivity index (χ4v) is 1.29. The van der Waals surface area contributed by atoms with E-state index in [1.807, 2.05) is 0 Å². The quantitative estimate of drug-likeness (QED) is 0.576. The van der Waals surface area contributed by atoms with Crippen molar-refractivity contribution in [3.63, 3.8) is 0 Å². The Morgan fingerprint density at radius 1 is 1.41 bits per heavy atom. The zero-order valence-electron chi connectivity index (χ0n) is 9.54. The molecule has 0 saturated heterocycles. The van der Waals surface area contributed by atoms with Gasteiger partial charge < -0.3 is 4.74 Å². The van der Waals surface area contributed by atoms with Gasteiger partial charge in [-0.05, 0) is 6.07 Å². The van der Waals surface area contributed by atoms with E-state index in [2.05, 4.69) is 9.17 Å². The molecular formula is C10H13NO5S. The van der Waals surface area contributed by atoms with Gasteiger partial charge in [-0.2, -0.15) is 8.42 Å². The molecule has 0 bridgehead atoms. The number of hydrogen-bond donors (Lipinski definition) is 0. The minimum atomic E-state index is -3.51. The zero-order valence-corrected chi connectivity index (χ0v) is 10.4. The third-order valence-electron chi connectivity index (χ3n) is 1.71. The molecule has 0 atom stereocenters. The molecule has 0 N–H and O–H groups in total. The Kier molecular flexibility index (Phi) is 4.59. The Hall–Kier alpha value is -1.47. The van der Waals surface area contributed by atoms with Gasteiger partial charge in [0, 0.05) is 12.5 Å². The first-order valence-corrected chi connectivity index (χ1v) is 6.73. The van der Waals surface area contributed by atoms with Crippen molar-refractivity contribution in [2.75, 3.05) is 6.26 Å². The van der Waals surface area contributed by atoms with Crippen molar-refractivity contribution in [2.45, 2.75) is 20.0 Å². The normalized spacial score (nSPS) is 11.2. The fraction of sp³-hybridized carbons (Fsp3) is 0.400. The minimum Gasteiger partial charge on any atom is -0.407 e. The topological polar surface area (TPSA) is 82.6 Å². The lowest BCUT2D eigenvalue weighted by Gasteiger charge is -2.04. The Morgan fingerprint density at radius 2 is 2.12 bits per heavy atom. The van der Waals surface area contributed by atoms with Crippen LogP contribution in [0.2, 0.25) is 0 Å². The van der Waals surface area contributed by atoms with Crippen molar-refractivity contribution in [2.24, 2.45) is 0 Å². The van der Waals surface area contributed by atoms with E-state index >= 15 is 0 Å². The summed E-state index contributed by atoms with van der Waals surface area (Å²) in [6, 6.07) is 4.69. The molecule has 0 aliphatic heterocycles. The molecule has 0 aliphatic carbocycles. The van der Waals surface area contributed by atoms with Crippen LogP contribution >= 0.6 is 0 Å². The number of aromatic nitrogens is 1. The van der Waals surface area contributed by atoms with Crippen LogP contribution in [-0.4, -0.2) is 25.6 Å². The summed E-state index contributed by atoms with van der Waals surface area (Å²) in [5.41, 5.74) is 0.372. The Bertz CT molecular complexity index is 497. The monoisotopic (exact) mass is 259 g/mol. The molecular weight excluding hydrogens is 246 g/mol. The summed E-state index contributed by atoms with van der Waals surface area (Å²) in [4.78, 5) is 15.0. The smallest absolute Gasteiger partial charge is 0.312 e. The molecule has 17 heavy (non-hydrogen) atoms. The highest BCUT2D eigenvalue weighted by Crippen LogP contribution is 2.10. The molecule has 0 fully saturated rings. The molecule has 94 valence electrons. The lowest BCUT2D eigenvalue weighted by Crippen LogP contribution is -2.08. The summed E-state index contributed by atoms with van der Waals surface area (Å²) in [5.74, 6) is -0.273. The van der Waals surface area contributed by atoms with Gasteiger partial charge in [0.2, 0.25) is 5.88 Å². The molecule has 0 spiro atoms. The molecule has 0 saturated carbocycles. The van der Waals surface area contributed by atoms with E-state index in [0.29, 0.717) is 5.69 Å². The number of carbonyl (C=O) groups excluding carboxylic acids is 1. The number of rotatable bonds is 5. The highest BCUT2D eigenvalue weighted by molar-refractivity contribution is 7.85. The third kappa shape index (κ3) is 5.41.